The predicted molar refractivity (Wildman–Crippen MR) is 89.7 cm³/mol. The summed E-state index contributed by atoms with van der Waals surface area (Å²) in [6, 6.07) is 9.73. The fourth-order valence-corrected chi connectivity index (χ4v) is 4.76. The molecule has 2 N–H and O–H groups in total. The molecule has 1 fully saturated rings. The van der Waals surface area contributed by atoms with Crippen LogP contribution in [0.5, 0.6) is 0 Å². The van der Waals surface area contributed by atoms with Crippen LogP contribution in [0.15, 0.2) is 30.3 Å². The van der Waals surface area contributed by atoms with E-state index in [9.17, 15) is 8.42 Å². The summed E-state index contributed by atoms with van der Waals surface area (Å²) in [4.78, 5) is 0.241. The number of sulfonamides is 1. The third-order valence-corrected chi connectivity index (χ3v) is 5.88. The maximum absolute atomic E-state index is 12.6. The molecule has 1 aromatic carbocycles. The van der Waals surface area contributed by atoms with E-state index in [0.29, 0.717) is 6.42 Å². The number of nitrogens with zero attached hydrogens (tertiary/aromatic N) is 1. The van der Waals surface area contributed by atoms with Gasteiger partial charge in [0.25, 0.3) is 0 Å². The van der Waals surface area contributed by atoms with Crippen LogP contribution in [0.25, 0.3) is 0 Å². The van der Waals surface area contributed by atoms with E-state index in [2.05, 4.69) is 0 Å². The third kappa shape index (κ3) is 4.76. The molecule has 0 bridgehead atoms. The van der Waals surface area contributed by atoms with Gasteiger partial charge in [-0.15, -0.1) is 0 Å². The van der Waals surface area contributed by atoms with E-state index in [1.165, 1.54) is 4.31 Å². The summed E-state index contributed by atoms with van der Waals surface area (Å²) in [5.41, 5.74) is 6.62. The second kappa shape index (κ2) is 7.33. The van der Waals surface area contributed by atoms with E-state index in [1.54, 1.807) is 0 Å². The van der Waals surface area contributed by atoms with E-state index in [4.69, 9.17) is 18.0 Å². The van der Waals surface area contributed by atoms with Crippen LogP contribution >= 0.6 is 12.2 Å². The zero-order valence-electron chi connectivity index (χ0n) is 12.1. The molecule has 2 rings (SSSR count). The summed E-state index contributed by atoms with van der Waals surface area (Å²) in [6.45, 7) is 0.164. The maximum atomic E-state index is 12.6. The third-order valence-electron chi connectivity index (χ3n) is 3.89. The van der Waals surface area contributed by atoms with Crippen molar-refractivity contribution in [1.82, 2.24) is 4.31 Å². The van der Waals surface area contributed by atoms with Crippen molar-refractivity contribution < 1.29 is 8.42 Å². The van der Waals surface area contributed by atoms with Crippen molar-refractivity contribution in [1.29, 1.82) is 0 Å². The van der Waals surface area contributed by atoms with E-state index in [1.807, 2.05) is 30.3 Å². The first-order valence-corrected chi connectivity index (χ1v) is 9.32. The van der Waals surface area contributed by atoms with Gasteiger partial charge in [0, 0.05) is 6.04 Å². The minimum Gasteiger partial charge on any atom is -0.392 e. The summed E-state index contributed by atoms with van der Waals surface area (Å²) in [6.07, 6.45) is 4.49. The Morgan fingerprint density at radius 3 is 2.43 bits per heavy atom. The first kappa shape index (κ1) is 16.4. The Kier molecular flexibility index (Phi) is 5.72. The van der Waals surface area contributed by atoms with Crippen molar-refractivity contribution in [2.24, 2.45) is 5.73 Å². The van der Waals surface area contributed by atoms with Crippen molar-refractivity contribution in [2.75, 3.05) is 12.3 Å². The van der Waals surface area contributed by atoms with Gasteiger partial charge in [0.05, 0.1) is 17.3 Å². The maximum Gasteiger partial charge on any atom is 0.215 e. The Labute approximate surface area is 132 Å². The highest BCUT2D eigenvalue weighted by molar-refractivity contribution is 7.89. The first-order valence-electron chi connectivity index (χ1n) is 7.31. The van der Waals surface area contributed by atoms with Gasteiger partial charge >= 0.3 is 0 Å². The molecule has 0 unspecified atom stereocenters. The van der Waals surface area contributed by atoms with Gasteiger partial charge in [0.1, 0.15) is 0 Å². The Hall–Kier alpha value is -0.980. The molecule has 116 valence electrons. The van der Waals surface area contributed by atoms with E-state index in [-0.39, 0.29) is 23.3 Å². The zero-order valence-corrected chi connectivity index (χ0v) is 13.7. The number of hydrogen-bond donors (Lipinski definition) is 1. The van der Waals surface area contributed by atoms with E-state index in [0.717, 1.165) is 31.2 Å². The van der Waals surface area contributed by atoms with Crippen molar-refractivity contribution in [3.05, 3.63) is 35.9 Å². The fourth-order valence-electron chi connectivity index (χ4n) is 2.81. The topological polar surface area (TPSA) is 63.4 Å². The average molecular weight is 326 g/mol. The average Bonchev–Trinajstić information content (AvgIpc) is 2.97. The normalized spacial score (nSPS) is 16.4. The molecule has 21 heavy (non-hydrogen) atoms. The lowest BCUT2D eigenvalue weighted by Gasteiger charge is -2.27. The molecular formula is C15H22N2O2S2. The predicted octanol–water partition coefficient (Wildman–Crippen LogP) is 2.09. The summed E-state index contributed by atoms with van der Waals surface area (Å²) >= 11 is 4.93. The van der Waals surface area contributed by atoms with Gasteiger partial charge < -0.3 is 5.73 Å². The van der Waals surface area contributed by atoms with Gasteiger partial charge in [-0.3, -0.25) is 0 Å². The number of thiocarbonyl (C=S) groups is 1. The van der Waals surface area contributed by atoms with Crippen LogP contribution in [0.3, 0.4) is 0 Å². The second-order valence-corrected chi connectivity index (χ2v) is 8.07. The van der Waals surface area contributed by atoms with E-state index >= 15 is 0 Å². The Balaban J connectivity index is 2.07. The van der Waals surface area contributed by atoms with Crippen LogP contribution < -0.4 is 5.73 Å². The lowest BCUT2D eigenvalue weighted by atomic mass is 10.2. The molecular weight excluding hydrogens is 304 g/mol. The molecule has 4 nitrogen and oxygen atoms in total. The van der Waals surface area contributed by atoms with Gasteiger partial charge in [-0.25, -0.2) is 8.42 Å². The molecule has 0 aliphatic heterocycles. The fraction of sp³-hybridized carbons (Fsp3) is 0.533. The van der Waals surface area contributed by atoms with Crippen LogP contribution in [0.1, 0.15) is 31.2 Å². The molecule has 1 aromatic rings. The smallest absolute Gasteiger partial charge is 0.215 e. The zero-order chi connectivity index (χ0) is 15.3. The van der Waals surface area contributed by atoms with Gasteiger partial charge in [0.2, 0.25) is 10.0 Å². The summed E-state index contributed by atoms with van der Waals surface area (Å²) in [5.74, 6) is 0.107. The molecule has 1 aliphatic rings. The molecule has 0 spiro atoms. The summed E-state index contributed by atoms with van der Waals surface area (Å²) in [7, 11) is -3.33. The van der Waals surface area contributed by atoms with Gasteiger partial charge in [0.15, 0.2) is 0 Å². The number of aryl methyl sites for hydroxylation is 1. The highest BCUT2D eigenvalue weighted by Gasteiger charge is 2.32. The molecule has 1 aliphatic carbocycles. The van der Waals surface area contributed by atoms with Crippen molar-refractivity contribution in [2.45, 2.75) is 38.1 Å². The lowest BCUT2D eigenvalue weighted by Crippen LogP contribution is -2.44. The van der Waals surface area contributed by atoms with Gasteiger partial charge in [-0.05, 0) is 24.8 Å². The molecule has 0 atom stereocenters. The highest BCUT2D eigenvalue weighted by atomic mass is 32.2. The summed E-state index contributed by atoms with van der Waals surface area (Å²) in [5, 5.41) is 0. The molecule has 6 heteroatoms. The van der Waals surface area contributed by atoms with E-state index < -0.39 is 10.0 Å². The van der Waals surface area contributed by atoms with Crippen LogP contribution in [-0.2, 0) is 16.4 Å². The minimum absolute atomic E-state index is 0.0623. The van der Waals surface area contributed by atoms with Crippen molar-refractivity contribution in [3.63, 3.8) is 0 Å². The Bertz CT molecular complexity index is 567. The first-order chi connectivity index (χ1) is 9.99. The lowest BCUT2D eigenvalue weighted by molar-refractivity contribution is 0.355. The Morgan fingerprint density at radius 1 is 1.24 bits per heavy atom. The van der Waals surface area contributed by atoms with Gasteiger partial charge in [-0.2, -0.15) is 4.31 Å². The molecule has 0 saturated heterocycles. The van der Waals surface area contributed by atoms with Crippen LogP contribution in [0.2, 0.25) is 0 Å². The quantitative estimate of drug-likeness (QED) is 0.779. The molecule has 0 radical (unpaired) electrons. The summed E-state index contributed by atoms with van der Waals surface area (Å²) < 4.78 is 26.8. The SMILES string of the molecule is NC(=S)CN(C1CCCC1)S(=O)(=O)CCc1ccccc1. The van der Waals surface area contributed by atoms with Crippen LogP contribution in [-0.4, -0.2) is 36.1 Å². The number of nitrogens with two attached hydrogens (primary N) is 1. The molecule has 0 amide bonds. The largest absolute Gasteiger partial charge is 0.392 e. The highest BCUT2D eigenvalue weighted by Crippen LogP contribution is 2.26. The van der Waals surface area contributed by atoms with Crippen molar-refractivity contribution in [3.8, 4) is 0 Å². The standard InChI is InChI=1S/C15H22N2O2S2/c16-15(20)12-17(14-8-4-5-9-14)21(18,19)11-10-13-6-2-1-3-7-13/h1-3,6-7,14H,4-5,8-12H2,(H2,16,20). The molecule has 1 saturated carbocycles. The number of benzene rings is 1. The second-order valence-electron chi connectivity index (χ2n) is 5.50. The van der Waals surface area contributed by atoms with Crippen LogP contribution in [0.4, 0.5) is 0 Å². The van der Waals surface area contributed by atoms with Crippen LogP contribution in [0, 0.1) is 0 Å². The number of hydrogen-bond acceptors (Lipinski definition) is 3. The molecule has 0 heterocycles. The minimum atomic E-state index is -3.33. The number of rotatable bonds is 7. The Morgan fingerprint density at radius 2 is 1.86 bits per heavy atom. The molecule has 0 aromatic heterocycles. The van der Waals surface area contributed by atoms with Crippen molar-refractivity contribution >= 4 is 27.2 Å². The van der Waals surface area contributed by atoms with Gasteiger partial charge in [-0.1, -0.05) is 55.4 Å². The monoisotopic (exact) mass is 326 g/mol.